The van der Waals surface area contributed by atoms with Gasteiger partial charge in [0.15, 0.2) is 0 Å². The third-order valence-electron chi connectivity index (χ3n) is 3.28. The molecule has 0 radical (unpaired) electrons. The number of aliphatic hydroxyl groups is 1. The molecule has 2 heterocycles. The van der Waals surface area contributed by atoms with E-state index in [9.17, 15) is 5.11 Å². The average Bonchev–Trinajstić information content (AvgIpc) is 2.40. The highest BCUT2D eigenvalue weighted by atomic mass is 16.3. The van der Waals surface area contributed by atoms with Gasteiger partial charge < -0.3 is 15.7 Å². The zero-order valence-electron chi connectivity index (χ0n) is 9.63. The Morgan fingerprint density at radius 2 is 2.18 bits per heavy atom. The lowest BCUT2D eigenvalue weighted by Gasteiger charge is -2.38. The van der Waals surface area contributed by atoms with E-state index in [2.05, 4.69) is 9.88 Å². The van der Waals surface area contributed by atoms with Gasteiger partial charge in [-0.2, -0.15) is 5.26 Å². The second-order valence-electron chi connectivity index (χ2n) is 4.52. The van der Waals surface area contributed by atoms with Crippen molar-refractivity contribution < 1.29 is 5.11 Å². The third-order valence-corrected chi connectivity index (χ3v) is 3.28. The monoisotopic (exact) mass is 232 g/mol. The van der Waals surface area contributed by atoms with Crippen molar-refractivity contribution >= 4 is 5.82 Å². The van der Waals surface area contributed by atoms with E-state index in [1.807, 2.05) is 12.1 Å². The smallest absolute Gasteiger partial charge is 0.128 e. The molecule has 1 fully saturated rings. The van der Waals surface area contributed by atoms with E-state index in [0.29, 0.717) is 5.56 Å². The molecule has 3 N–H and O–H groups in total. The van der Waals surface area contributed by atoms with Crippen LogP contribution in [0.3, 0.4) is 0 Å². The number of hydrogen-bond acceptors (Lipinski definition) is 5. The molecule has 0 saturated carbocycles. The number of piperidine rings is 1. The first kappa shape index (κ1) is 11.8. The van der Waals surface area contributed by atoms with Gasteiger partial charge in [0.25, 0.3) is 0 Å². The predicted octanol–water partition coefficient (Wildman–Crippen LogP) is 0.243. The first-order chi connectivity index (χ1) is 8.17. The molecule has 1 aromatic heterocycles. The fourth-order valence-electron chi connectivity index (χ4n) is 1.98. The molecule has 1 saturated heterocycles. The number of nitriles is 1. The lowest BCUT2D eigenvalue weighted by atomic mass is 9.89. The fraction of sp³-hybridized carbons (Fsp3) is 0.500. The van der Waals surface area contributed by atoms with Gasteiger partial charge >= 0.3 is 0 Å². The van der Waals surface area contributed by atoms with Crippen LogP contribution in [0.1, 0.15) is 18.4 Å². The Morgan fingerprint density at radius 1 is 1.47 bits per heavy atom. The van der Waals surface area contributed by atoms with Gasteiger partial charge in [-0.1, -0.05) is 0 Å². The summed E-state index contributed by atoms with van der Waals surface area (Å²) >= 11 is 0. The van der Waals surface area contributed by atoms with E-state index >= 15 is 0 Å². The van der Waals surface area contributed by atoms with Crippen molar-refractivity contribution in [3.63, 3.8) is 0 Å². The molecule has 5 heteroatoms. The quantitative estimate of drug-likeness (QED) is 0.763. The summed E-state index contributed by atoms with van der Waals surface area (Å²) in [6.45, 7) is 1.60. The molecular formula is C12H16N4O. The largest absolute Gasteiger partial charge is 0.394 e. The third kappa shape index (κ3) is 2.54. The minimum Gasteiger partial charge on any atom is -0.394 e. The highest BCUT2D eigenvalue weighted by Crippen LogP contribution is 2.22. The van der Waals surface area contributed by atoms with Gasteiger partial charge in [0.1, 0.15) is 11.9 Å². The molecule has 0 amide bonds. The Kier molecular flexibility index (Phi) is 3.27. The first-order valence-electron chi connectivity index (χ1n) is 5.68. The SMILES string of the molecule is N#Cc1ccc(N2CCC(N)(CO)CC2)nc1. The van der Waals surface area contributed by atoms with Crippen molar-refractivity contribution in [3.8, 4) is 6.07 Å². The predicted molar refractivity (Wildman–Crippen MR) is 64.4 cm³/mol. The van der Waals surface area contributed by atoms with Crippen molar-refractivity contribution in [2.45, 2.75) is 18.4 Å². The fourth-order valence-corrected chi connectivity index (χ4v) is 1.98. The number of nitrogens with zero attached hydrogens (tertiary/aromatic N) is 3. The van der Waals surface area contributed by atoms with Gasteiger partial charge in [-0.05, 0) is 25.0 Å². The Balaban J connectivity index is 2.03. The van der Waals surface area contributed by atoms with E-state index in [-0.39, 0.29) is 6.61 Å². The van der Waals surface area contributed by atoms with Gasteiger partial charge in [0, 0.05) is 24.8 Å². The van der Waals surface area contributed by atoms with E-state index < -0.39 is 5.54 Å². The molecule has 1 aromatic rings. The number of pyridine rings is 1. The van der Waals surface area contributed by atoms with Crippen LogP contribution in [0, 0.1) is 11.3 Å². The molecule has 1 aliphatic heterocycles. The summed E-state index contributed by atoms with van der Waals surface area (Å²) in [6, 6.07) is 5.66. The molecule has 0 aromatic carbocycles. The lowest BCUT2D eigenvalue weighted by molar-refractivity contribution is 0.170. The van der Waals surface area contributed by atoms with Gasteiger partial charge in [-0.25, -0.2) is 4.98 Å². The first-order valence-corrected chi connectivity index (χ1v) is 5.68. The van der Waals surface area contributed by atoms with Gasteiger partial charge in [-0.3, -0.25) is 0 Å². The van der Waals surface area contributed by atoms with Crippen LogP contribution in [0.2, 0.25) is 0 Å². The van der Waals surface area contributed by atoms with E-state index in [1.165, 1.54) is 0 Å². The second-order valence-corrected chi connectivity index (χ2v) is 4.52. The van der Waals surface area contributed by atoms with Crippen LogP contribution in [0.15, 0.2) is 18.3 Å². The van der Waals surface area contributed by atoms with Crippen molar-refractivity contribution in [2.24, 2.45) is 5.73 Å². The second kappa shape index (κ2) is 4.70. The summed E-state index contributed by atoms with van der Waals surface area (Å²) < 4.78 is 0. The van der Waals surface area contributed by atoms with Crippen LogP contribution >= 0.6 is 0 Å². The highest BCUT2D eigenvalue weighted by molar-refractivity contribution is 5.42. The van der Waals surface area contributed by atoms with Crippen molar-refractivity contribution in [3.05, 3.63) is 23.9 Å². The number of rotatable bonds is 2. The summed E-state index contributed by atoms with van der Waals surface area (Å²) in [5.74, 6) is 0.865. The molecule has 5 nitrogen and oxygen atoms in total. The maximum absolute atomic E-state index is 9.18. The number of hydrogen-bond donors (Lipinski definition) is 2. The Hall–Kier alpha value is -1.64. The minimum atomic E-state index is -0.441. The van der Waals surface area contributed by atoms with Gasteiger partial charge in [0.2, 0.25) is 0 Å². The van der Waals surface area contributed by atoms with Crippen molar-refractivity contribution in [1.29, 1.82) is 5.26 Å². The van der Waals surface area contributed by atoms with Crippen LogP contribution in [-0.2, 0) is 0 Å². The topological polar surface area (TPSA) is 86.2 Å². The Labute approximate surface area is 100 Å². The summed E-state index contributed by atoms with van der Waals surface area (Å²) in [5.41, 5.74) is 6.13. The van der Waals surface area contributed by atoms with Gasteiger partial charge in [0.05, 0.1) is 12.2 Å². The highest BCUT2D eigenvalue weighted by Gasteiger charge is 2.30. The van der Waals surface area contributed by atoms with Crippen LogP contribution in [0.25, 0.3) is 0 Å². The van der Waals surface area contributed by atoms with E-state index in [0.717, 1.165) is 31.7 Å². The standard InChI is InChI=1S/C12H16N4O/c13-7-10-1-2-11(15-8-10)16-5-3-12(14,9-17)4-6-16/h1-2,8,17H,3-6,9,14H2. The summed E-state index contributed by atoms with van der Waals surface area (Å²) in [5, 5.41) is 17.9. The van der Waals surface area contributed by atoms with Crippen LogP contribution in [0.4, 0.5) is 5.82 Å². The van der Waals surface area contributed by atoms with Crippen molar-refractivity contribution in [2.75, 3.05) is 24.6 Å². The molecule has 90 valence electrons. The molecule has 0 aliphatic carbocycles. The lowest BCUT2D eigenvalue weighted by Crippen LogP contribution is -2.53. The summed E-state index contributed by atoms with van der Waals surface area (Å²) in [7, 11) is 0. The van der Waals surface area contributed by atoms with Gasteiger partial charge in [-0.15, -0.1) is 0 Å². The van der Waals surface area contributed by atoms with E-state index in [1.54, 1.807) is 12.3 Å². The Bertz CT molecular complexity index is 415. The van der Waals surface area contributed by atoms with E-state index in [4.69, 9.17) is 11.0 Å². The average molecular weight is 232 g/mol. The zero-order valence-corrected chi connectivity index (χ0v) is 9.63. The Morgan fingerprint density at radius 3 is 2.65 bits per heavy atom. The number of aliphatic hydroxyl groups excluding tert-OH is 1. The maximum Gasteiger partial charge on any atom is 0.128 e. The summed E-state index contributed by atoms with van der Waals surface area (Å²) in [6.07, 6.45) is 3.09. The molecular weight excluding hydrogens is 216 g/mol. The van der Waals surface area contributed by atoms with Crippen LogP contribution in [-0.4, -0.2) is 35.3 Å². The zero-order chi connectivity index (χ0) is 12.3. The maximum atomic E-state index is 9.18. The van der Waals surface area contributed by atoms with Crippen LogP contribution in [0.5, 0.6) is 0 Å². The number of aromatic nitrogens is 1. The molecule has 0 spiro atoms. The summed E-state index contributed by atoms with van der Waals surface area (Å²) in [4.78, 5) is 6.37. The minimum absolute atomic E-state index is 0.0294. The molecule has 0 unspecified atom stereocenters. The molecule has 2 rings (SSSR count). The molecule has 0 atom stereocenters. The molecule has 17 heavy (non-hydrogen) atoms. The normalized spacial score (nSPS) is 18.8. The number of nitrogens with two attached hydrogens (primary N) is 1. The van der Waals surface area contributed by atoms with Crippen LogP contribution < -0.4 is 10.6 Å². The molecule has 1 aliphatic rings. The molecule has 0 bridgehead atoms. The van der Waals surface area contributed by atoms with Crippen molar-refractivity contribution in [1.82, 2.24) is 4.98 Å². The number of anilines is 1.